The maximum absolute atomic E-state index is 11.9. The Labute approximate surface area is 148 Å². The van der Waals surface area contributed by atoms with Gasteiger partial charge in [-0.25, -0.2) is 5.43 Å². The zero-order valence-corrected chi connectivity index (χ0v) is 14.5. The third-order valence-corrected chi connectivity index (χ3v) is 4.41. The number of benzene rings is 1. The van der Waals surface area contributed by atoms with E-state index in [1.165, 1.54) is 11.3 Å². The van der Waals surface area contributed by atoms with Crippen molar-refractivity contribution in [2.75, 3.05) is 6.61 Å². The highest BCUT2D eigenvalue weighted by atomic mass is 32.1. The summed E-state index contributed by atoms with van der Waals surface area (Å²) in [5, 5.41) is 6.81. The Morgan fingerprint density at radius 3 is 2.88 bits per heavy atom. The molecular formula is C18H17N3O3S. The molecule has 25 heavy (non-hydrogen) atoms. The summed E-state index contributed by atoms with van der Waals surface area (Å²) in [7, 11) is 0. The molecule has 2 heterocycles. The number of aromatic nitrogens is 1. The van der Waals surface area contributed by atoms with Crippen molar-refractivity contribution in [2.45, 2.75) is 13.5 Å². The molecule has 0 fully saturated rings. The molecule has 6 nitrogen and oxygen atoms in total. The van der Waals surface area contributed by atoms with Crippen molar-refractivity contribution in [1.82, 2.24) is 9.99 Å². The van der Waals surface area contributed by atoms with Gasteiger partial charge >= 0.3 is 5.97 Å². The van der Waals surface area contributed by atoms with Crippen LogP contribution in [0.15, 0.2) is 53.1 Å². The van der Waals surface area contributed by atoms with E-state index in [1.54, 1.807) is 19.2 Å². The summed E-state index contributed by atoms with van der Waals surface area (Å²) in [6.45, 7) is 2.25. The lowest BCUT2D eigenvalue weighted by Gasteiger charge is -2.04. The molecule has 7 heteroatoms. The second-order valence-electron chi connectivity index (χ2n) is 5.21. The molecule has 3 aromatic rings. The summed E-state index contributed by atoms with van der Waals surface area (Å²) in [6, 6.07) is 11.2. The fraction of sp³-hybridized carbons (Fsp3) is 0.167. The third-order valence-electron chi connectivity index (χ3n) is 3.54. The van der Waals surface area contributed by atoms with Gasteiger partial charge in [-0.2, -0.15) is 5.10 Å². The van der Waals surface area contributed by atoms with Crippen molar-refractivity contribution in [3.05, 3.63) is 58.4 Å². The number of carbonyl (C=O) groups excluding carboxylic acids is 2. The van der Waals surface area contributed by atoms with Crippen molar-refractivity contribution in [1.29, 1.82) is 0 Å². The lowest BCUT2D eigenvalue weighted by molar-refractivity contribution is -0.143. The summed E-state index contributed by atoms with van der Waals surface area (Å²) in [6.07, 6.45) is 3.40. The second-order valence-corrected chi connectivity index (χ2v) is 6.16. The van der Waals surface area contributed by atoms with E-state index in [0.29, 0.717) is 11.5 Å². The van der Waals surface area contributed by atoms with E-state index >= 15 is 0 Å². The zero-order chi connectivity index (χ0) is 17.6. The van der Waals surface area contributed by atoms with Crippen molar-refractivity contribution in [3.63, 3.8) is 0 Å². The smallest absolute Gasteiger partial charge is 0.325 e. The van der Waals surface area contributed by atoms with Crippen LogP contribution in [0.25, 0.3) is 10.9 Å². The Morgan fingerprint density at radius 2 is 2.12 bits per heavy atom. The molecule has 0 unspecified atom stereocenters. The number of esters is 1. The first-order chi connectivity index (χ1) is 12.2. The normalized spacial score (nSPS) is 11.1. The van der Waals surface area contributed by atoms with E-state index in [4.69, 9.17) is 4.74 Å². The van der Waals surface area contributed by atoms with Crippen LogP contribution in [0.3, 0.4) is 0 Å². The summed E-state index contributed by atoms with van der Waals surface area (Å²) < 4.78 is 6.82. The van der Waals surface area contributed by atoms with Crippen LogP contribution in [0, 0.1) is 0 Å². The number of hydrogen-bond acceptors (Lipinski definition) is 5. The molecule has 0 aliphatic rings. The van der Waals surface area contributed by atoms with Crippen LogP contribution >= 0.6 is 11.3 Å². The van der Waals surface area contributed by atoms with Crippen LogP contribution in [-0.4, -0.2) is 29.3 Å². The maximum atomic E-state index is 11.9. The van der Waals surface area contributed by atoms with E-state index in [0.717, 1.165) is 16.5 Å². The molecule has 1 N–H and O–H groups in total. The topological polar surface area (TPSA) is 72.7 Å². The van der Waals surface area contributed by atoms with Gasteiger partial charge in [0, 0.05) is 22.7 Å². The first-order valence-corrected chi connectivity index (χ1v) is 8.67. The first-order valence-electron chi connectivity index (χ1n) is 7.79. The number of ether oxygens (including phenoxy) is 1. The van der Waals surface area contributed by atoms with Gasteiger partial charge in [0.05, 0.1) is 17.7 Å². The largest absolute Gasteiger partial charge is 0.465 e. The predicted octanol–water partition coefficient (Wildman–Crippen LogP) is 3.03. The molecule has 0 atom stereocenters. The Bertz CT molecular complexity index is 913. The summed E-state index contributed by atoms with van der Waals surface area (Å²) in [5.74, 6) is -0.542. The molecule has 0 bridgehead atoms. The van der Waals surface area contributed by atoms with E-state index in [-0.39, 0.29) is 18.4 Å². The van der Waals surface area contributed by atoms with E-state index in [9.17, 15) is 9.59 Å². The number of para-hydroxylation sites is 1. The zero-order valence-electron chi connectivity index (χ0n) is 13.6. The van der Waals surface area contributed by atoms with Crippen molar-refractivity contribution in [2.24, 2.45) is 5.10 Å². The number of nitrogens with zero attached hydrogens (tertiary/aromatic N) is 2. The summed E-state index contributed by atoms with van der Waals surface area (Å²) >= 11 is 1.35. The number of thiophene rings is 1. The highest BCUT2D eigenvalue weighted by Gasteiger charge is 2.10. The molecule has 0 saturated heterocycles. The maximum Gasteiger partial charge on any atom is 0.325 e. The van der Waals surface area contributed by atoms with Crippen LogP contribution in [0.1, 0.15) is 22.2 Å². The van der Waals surface area contributed by atoms with Crippen molar-refractivity contribution in [3.8, 4) is 0 Å². The minimum Gasteiger partial charge on any atom is -0.465 e. The Hall–Kier alpha value is -2.93. The Kier molecular flexibility index (Phi) is 5.25. The van der Waals surface area contributed by atoms with Gasteiger partial charge in [0.25, 0.3) is 5.91 Å². The average Bonchev–Trinajstić information content (AvgIpc) is 3.25. The molecular weight excluding hydrogens is 338 g/mol. The predicted molar refractivity (Wildman–Crippen MR) is 98.0 cm³/mol. The van der Waals surface area contributed by atoms with Crippen LogP contribution in [0.4, 0.5) is 0 Å². The van der Waals surface area contributed by atoms with Crippen molar-refractivity contribution >= 4 is 40.3 Å². The summed E-state index contributed by atoms with van der Waals surface area (Å²) in [5.41, 5.74) is 4.22. The Morgan fingerprint density at radius 1 is 1.28 bits per heavy atom. The van der Waals surface area contributed by atoms with Crippen LogP contribution in [0.2, 0.25) is 0 Å². The van der Waals surface area contributed by atoms with Gasteiger partial charge in [-0.3, -0.25) is 9.59 Å². The fourth-order valence-electron chi connectivity index (χ4n) is 2.48. The van der Waals surface area contributed by atoms with Crippen LogP contribution in [0.5, 0.6) is 0 Å². The molecule has 0 aliphatic carbocycles. The van der Waals surface area contributed by atoms with Gasteiger partial charge in [0.2, 0.25) is 0 Å². The molecule has 0 saturated carbocycles. The SMILES string of the molecule is CCOC(=O)Cn1cc(/C=N/NC(=O)c2cccs2)c2ccccc21. The minimum atomic E-state index is -0.294. The third kappa shape index (κ3) is 3.95. The molecule has 0 aliphatic heterocycles. The standard InChI is InChI=1S/C18H17N3O3S/c1-2-24-17(22)12-21-11-13(14-6-3-4-7-15(14)21)10-19-20-18(23)16-8-5-9-25-16/h3-11H,2,12H2,1H3,(H,20,23)/b19-10+. The number of nitrogens with one attached hydrogen (secondary N) is 1. The number of rotatable bonds is 6. The van der Waals surface area contributed by atoms with Gasteiger partial charge in [-0.05, 0) is 24.4 Å². The quantitative estimate of drug-likeness (QED) is 0.420. The number of fused-ring (bicyclic) bond motifs is 1. The van der Waals surface area contributed by atoms with Crippen molar-refractivity contribution < 1.29 is 14.3 Å². The van der Waals surface area contributed by atoms with Gasteiger partial charge < -0.3 is 9.30 Å². The molecule has 2 aromatic heterocycles. The van der Waals surface area contributed by atoms with E-state index in [2.05, 4.69) is 10.5 Å². The monoisotopic (exact) mass is 355 g/mol. The Balaban J connectivity index is 1.80. The van der Waals surface area contributed by atoms with Crippen LogP contribution < -0.4 is 5.43 Å². The lowest BCUT2D eigenvalue weighted by atomic mass is 10.2. The first kappa shape index (κ1) is 16.9. The van der Waals surface area contributed by atoms with E-state index < -0.39 is 0 Å². The van der Waals surface area contributed by atoms with Gasteiger partial charge in [-0.15, -0.1) is 11.3 Å². The minimum absolute atomic E-state index is 0.129. The molecule has 128 valence electrons. The average molecular weight is 355 g/mol. The van der Waals surface area contributed by atoms with Gasteiger partial charge in [0.15, 0.2) is 0 Å². The molecule has 1 aromatic carbocycles. The number of amides is 1. The number of hydrogen-bond donors (Lipinski definition) is 1. The molecule has 3 rings (SSSR count). The fourth-order valence-corrected chi connectivity index (χ4v) is 3.09. The highest BCUT2D eigenvalue weighted by molar-refractivity contribution is 7.12. The van der Waals surface area contributed by atoms with Gasteiger partial charge in [-0.1, -0.05) is 24.3 Å². The molecule has 1 amide bonds. The molecule has 0 radical (unpaired) electrons. The highest BCUT2D eigenvalue weighted by Crippen LogP contribution is 2.20. The number of carbonyl (C=O) groups is 2. The molecule has 0 spiro atoms. The number of hydrazone groups is 1. The second kappa shape index (κ2) is 7.76. The lowest BCUT2D eigenvalue weighted by Crippen LogP contribution is -2.16. The van der Waals surface area contributed by atoms with Gasteiger partial charge in [0.1, 0.15) is 6.54 Å². The van der Waals surface area contributed by atoms with Crippen LogP contribution in [-0.2, 0) is 16.1 Å². The van der Waals surface area contributed by atoms with E-state index in [1.807, 2.05) is 46.5 Å². The summed E-state index contributed by atoms with van der Waals surface area (Å²) in [4.78, 5) is 24.3.